The van der Waals surface area contributed by atoms with Crippen molar-refractivity contribution in [2.24, 2.45) is 0 Å². The molecular formula is C13H17NO2. The van der Waals surface area contributed by atoms with Crippen LogP contribution >= 0.6 is 0 Å². The molecule has 0 aliphatic rings. The molecule has 1 N–H and O–H groups in total. The molecule has 0 aliphatic carbocycles. The summed E-state index contributed by atoms with van der Waals surface area (Å²) in [7, 11) is 1.68. The summed E-state index contributed by atoms with van der Waals surface area (Å²) in [6.45, 7) is 4.02. The number of rotatable bonds is 5. The first kappa shape index (κ1) is 11.0. The molecule has 0 fully saturated rings. The van der Waals surface area contributed by atoms with Gasteiger partial charge < -0.3 is 14.5 Å². The van der Waals surface area contributed by atoms with Gasteiger partial charge in [-0.25, -0.2) is 0 Å². The maximum Gasteiger partial charge on any atom is 0.134 e. The van der Waals surface area contributed by atoms with Gasteiger partial charge in [0.25, 0.3) is 0 Å². The number of benzene rings is 1. The maximum atomic E-state index is 5.48. The van der Waals surface area contributed by atoms with Crippen molar-refractivity contribution in [3.63, 3.8) is 0 Å². The topological polar surface area (TPSA) is 34.4 Å². The van der Waals surface area contributed by atoms with E-state index in [-0.39, 0.29) is 0 Å². The van der Waals surface area contributed by atoms with Gasteiger partial charge in [0.05, 0.1) is 13.4 Å². The molecule has 2 rings (SSSR count). The molecule has 0 aliphatic heterocycles. The van der Waals surface area contributed by atoms with Crippen molar-refractivity contribution in [3.05, 3.63) is 30.0 Å². The zero-order valence-corrected chi connectivity index (χ0v) is 9.75. The fourth-order valence-electron chi connectivity index (χ4n) is 1.72. The predicted octanol–water partition coefficient (Wildman–Crippen LogP) is 2.94. The first-order chi connectivity index (χ1) is 7.85. The fourth-order valence-corrected chi connectivity index (χ4v) is 1.72. The molecule has 0 saturated carbocycles. The molecule has 0 bridgehead atoms. The SMILES string of the molecule is CCCNCc1coc2ccc(OC)cc12. The highest BCUT2D eigenvalue weighted by Gasteiger charge is 2.06. The number of ether oxygens (including phenoxy) is 1. The predicted molar refractivity (Wildman–Crippen MR) is 64.8 cm³/mol. The summed E-state index contributed by atoms with van der Waals surface area (Å²) >= 11 is 0. The number of fused-ring (bicyclic) bond motifs is 1. The van der Waals surface area contributed by atoms with Crippen molar-refractivity contribution in [3.8, 4) is 5.75 Å². The van der Waals surface area contributed by atoms with Crippen LogP contribution in [-0.2, 0) is 6.54 Å². The second-order valence-corrected chi connectivity index (χ2v) is 3.80. The summed E-state index contributed by atoms with van der Waals surface area (Å²) in [4.78, 5) is 0. The van der Waals surface area contributed by atoms with E-state index in [1.165, 1.54) is 5.56 Å². The van der Waals surface area contributed by atoms with Crippen LogP contribution in [0.25, 0.3) is 11.0 Å². The van der Waals surface area contributed by atoms with Crippen LogP contribution in [0, 0.1) is 0 Å². The lowest BCUT2D eigenvalue weighted by molar-refractivity contribution is 0.415. The van der Waals surface area contributed by atoms with Gasteiger partial charge in [-0.05, 0) is 31.2 Å². The molecule has 0 radical (unpaired) electrons. The van der Waals surface area contributed by atoms with E-state index >= 15 is 0 Å². The Morgan fingerprint density at radius 2 is 2.25 bits per heavy atom. The van der Waals surface area contributed by atoms with E-state index in [0.29, 0.717) is 0 Å². The van der Waals surface area contributed by atoms with Crippen LogP contribution in [0.4, 0.5) is 0 Å². The summed E-state index contributed by atoms with van der Waals surface area (Å²) in [5.41, 5.74) is 2.09. The molecule has 86 valence electrons. The van der Waals surface area contributed by atoms with Crippen molar-refractivity contribution in [2.45, 2.75) is 19.9 Å². The third-order valence-corrected chi connectivity index (χ3v) is 2.60. The minimum absolute atomic E-state index is 0.841. The number of hydrogen-bond donors (Lipinski definition) is 1. The highest BCUT2D eigenvalue weighted by molar-refractivity contribution is 5.82. The van der Waals surface area contributed by atoms with Gasteiger partial charge >= 0.3 is 0 Å². The second kappa shape index (κ2) is 5.03. The molecule has 3 heteroatoms. The van der Waals surface area contributed by atoms with E-state index in [0.717, 1.165) is 36.2 Å². The molecule has 0 amide bonds. The molecule has 0 saturated heterocycles. The Kier molecular flexibility index (Phi) is 3.47. The fraction of sp³-hybridized carbons (Fsp3) is 0.385. The molecule has 1 heterocycles. The van der Waals surface area contributed by atoms with Crippen molar-refractivity contribution in [1.29, 1.82) is 0 Å². The summed E-state index contributed by atoms with van der Waals surface area (Å²) in [5, 5.41) is 4.49. The third kappa shape index (κ3) is 2.19. The van der Waals surface area contributed by atoms with Crippen LogP contribution in [0.1, 0.15) is 18.9 Å². The molecule has 0 spiro atoms. The lowest BCUT2D eigenvalue weighted by atomic mass is 10.1. The minimum atomic E-state index is 0.841. The first-order valence-corrected chi connectivity index (χ1v) is 5.60. The van der Waals surface area contributed by atoms with E-state index < -0.39 is 0 Å². The number of nitrogens with one attached hydrogen (secondary N) is 1. The molecule has 1 aromatic carbocycles. The average molecular weight is 219 g/mol. The Morgan fingerprint density at radius 3 is 3.00 bits per heavy atom. The van der Waals surface area contributed by atoms with E-state index in [4.69, 9.17) is 9.15 Å². The van der Waals surface area contributed by atoms with Crippen molar-refractivity contribution >= 4 is 11.0 Å². The summed E-state index contributed by atoms with van der Waals surface area (Å²) < 4.78 is 10.7. The minimum Gasteiger partial charge on any atom is -0.497 e. The van der Waals surface area contributed by atoms with Gasteiger partial charge in [0.15, 0.2) is 0 Å². The van der Waals surface area contributed by atoms with E-state index in [9.17, 15) is 0 Å². The second-order valence-electron chi connectivity index (χ2n) is 3.80. The largest absolute Gasteiger partial charge is 0.497 e. The third-order valence-electron chi connectivity index (χ3n) is 2.60. The average Bonchev–Trinajstić information content (AvgIpc) is 2.72. The smallest absolute Gasteiger partial charge is 0.134 e. The number of methoxy groups -OCH3 is 1. The summed E-state index contributed by atoms with van der Waals surface area (Å²) in [6, 6.07) is 5.87. The van der Waals surface area contributed by atoms with Crippen LogP contribution in [-0.4, -0.2) is 13.7 Å². The molecule has 1 aromatic heterocycles. The molecule has 16 heavy (non-hydrogen) atoms. The Bertz CT molecular complexity index is 462. The standard InChI is InChI=1S/C13H17NO2/c1-3-6-14-8-10-9-16-13-5-4-11(15-2)7-12(10)13/h4-5,7,9,14H,3,6,8H2,1-2H3. The molecule has 2 aromatic rings. The molecule has 3 nitrogen and oxygen atoms in total. The Morgan fingerprint density at radius 1 is 1.38 bits per heavy atom. The number of hydrogen-bond acceptors (Lipinski definition) is 3. The molecule has 0 atom stereocenters. The molecule has 0 unspecified atom stereocenters. The normalized spacial score (nSPS) is 10.9. The monoisotopic (exact) mass is 219 g/mol. The van der Waals surface area contributed by atoms with Gasteiger partial charge in [-0.2, -0.15) is 0 Å². The molecular weight excluding hydrogens is 202 g/mol. The Hall–Kier alpha value is -1.48. The van der Waals surface area contributed by atoms with Crippen molar-refractivity contribution < 1.29 is 9.15 Å². The van der Waals surface area contributed by atoms with Crippen LogP contribution in [0.5, 0.6) is 5.75 Å². The summed E-state index contributed by atoms with van der Waals surface area (Å²) in [5.74, 6) is 0.866. The van der Waals surface area contributed by atoms with E-state index in [1.807, 2.05) is 24.5 Å². The first-order valence-electron chi connectivity index (χ1n) is 5.60. The lowest BCUT2D eigenvalue weighted by Gasteiger charge is -2.02. The zero-order chi connectivity index (χ0) is 11.4. The van der Waals surface area contributed by atoms with Crippen molar-refractivity contribution in [2.75, 3.05) is 13.7 Å². The summed E-state index contributed by atoms with van der Waals surface area (Å²) in [6.07, 6.45) is 2.95. The van der Waals surface area contributed by atoms with Gasteiger partial charge in [0.1, 0.15) is 11.3 Å². The van der Waals surface area contributed by atoms with Gasteiger partial charge in [-0.15, -0.1) is 0 Å². The van der Waals surface area contributed by atoms with Gasteiger partial charge in [0, 0.05) is 17.5 Å². The van der Waals surface area contributed by atoms with Crippen LogP contribution < -0.4 is 10.1 Å². The van der Waals surface area contributed by atoms with E-state index in [2.05, 4.69) is 12.2 Å². The quantitative estimate of drug-likeness (QED) is 0.785. The Labute approximate surface area is 95.4 Å². The lowest BCUT2D eigenvalue weighted by Crippen LogP contribution is -2.13. The van der Waals surface area contributed by atoms with Crippen LogP contribution in [0.3, 0.4) is 0 Å². The zero-order valence-electron chi connectivity index (χ0n) is 9.75. The van der Waals surface area contributed by atoms with E-state index in [1.54, 1.807) is 7.11 Å². The van der Waals surface area contributed by atoms with Crippen LogP contribution in [0.2, 0.25) is 0 Å². The van der Waals surface area contributed by atoms with Gasteiger partial charge in [-0.3, -0.25) is 0 Å². The Balaban J connectivity index is 2.24. The van der Waals surface area contributed by atoms with Crippen molar-refractivity contribution in [1.82, 2.24) is 5.32 Å². The van der Waals surface area contributed by atoms with Gasteiger partial charge in [0.2, 0.25) is 0 Å². The van der Waals surface area contributed by atoms with Crippen LogP contribution in [0.15, 0.2) is 28.9 Å². The highest BCUT2D eigenvalue weighted by Crippen LogP contribution is 2.25. The highest BCUT2D eigenvalue weighted by atomic mass is 16.5. The maximum absolute atomic E-state index is 5.48. The number of furan rings is 1. The van der Waals surface area contributed by atoms with Gasteiger partial charge in [-0.1, -0.05) is 6.92 Å².